The van der Waals surface area contributed by atoms with Crippen molar-refractivity contribution in [1.82, 2.24) is 25.4 Å². The van der Waals surface area contributed by atoms with Gasteiger partial charge in [0.2, 0.25) is 5.91 Å². The Balaban J connectivity index is 1.45. The summed E-state index contributed by atoms with van der Waals surface area (Å²) in [5.74, 6) is 1.33. The van der Waals surface area contributed by atoms with Crippen LogP contribution in [0.2, 0.25) is 0 Å². The van der Waals surface area contributed by atoms with E-state index in [1.165, 1.54) is 0 Å². The minimum Gasteiger partial charge on any atom is -0.361 e. The summed E-state index contributed by atoms with van der Waals surface area (Å²) in [7, 11) is 0. The first-order valence-electron chi connectivity index (χ1n) is 8.21. The van der Waals surface area contributed by atoms with E-state index in [9.17, 15) is 4.79 Å². The SMILES string of the molecule is Cc1noc(C)c1CC(=O)Nc1ccc(-c2nnnn2C2CC2)cc1. The third-order valence-electron chi connectivity index (χ3n) is 4.33. The van der Waals surface area contributed by atoms with E-state index >= 15 is 0 Å². The van der Waals surface area contributed by atoms with Crippen LogP contribution in [-0.4, -0.2) is 31.3 Å². The van der Waals surface area contributed by atoms with Crippen LogP contribution < -0.4 is 5.32 Å². The van der Waals surface area contributed by atoms with Gasteiger partial charge in [-0.05, 0) is 61.4 Å². The second-order valence-corrected chi connectivity index (χ2v) is 6.28. The molecule has 1 aliphatic rings. The summed E-state index contributed by atoms with van der Waals surface area (Å²) >= 11 is 0. The standard InChI is InChI=1S/C17H18N6O2/c1-10-15(11(2)25-20-10)9-16(24)18-13-5-3-12(4-6-13)17-19-21-22-23(17)14-7-8-14/h3-6,14H,7-9H2,1-2H3,(H,18,24). The van der Waals surface area contributed by atoms with E-state index in [0.717, 1.165) is 41.2 Å². The van der Waals surface area contributed by atoms with Gasteiger partial charge in [0.25, 0.3) is 0 Å². The number of rotatable bonds is 5. The summed E-state index contributed by atoms with van der Waals surface area (Å²) in [6.45, 7) is 3.64. The number of carbonyl (C=O) groups excluding carboxylic acids is 1. The Bertz CT molecular complexity index is 888. The fourth-order valence-electron chi connectivity index (χ4n) is 2.77. The lowest BCUT2D eigenvalue weighted by Crippen LogP contribution is -2.15. The number of amides is 1. The number of carbonyl (C=O) groups is 1. The van der Waals surface area contributed by atoms with Gasteiger partial charge in [0.1, 0.15) is 5.76 Å². The second kappa shape index (κ2) is 6.12. The number of benzene rings is 1. The molecule has 0 bridgehead atoms. The maximum Gasteiger partial charge on any atom is 0.228 e. The van der Waals surface area contributed by atoms with Crippen LogP contribution in [0.3, 0.4) is 0 Å². The molecule has 25 heavy (non-hydrogen) atoms. The normalized spacial score (nSPS) is 13.8. The highest BCUT2D eigenvalue weighted by molar-refractivity contribution is 5.92. The van der Waals surface area contributed by atoms with E-state index in [1.54, 1.807) is 0 Å². The number of anilines is 1. The Morgan fingerprint density at radius 1 is 1.28 bits per heavy atom. The van der Waals surface area contributed by atoms with Crippen molar-refractivity contribution in [3.63, 3.8) is 0 Å². The molecule has 8 nitrogen and oxygen atoms in total. The van der Waals surface area contributed by atoms with E-state index in [2.05, 4.69) is 26.0 Å². The molecule has 2 heterocycles. The molecule has 0 atom stereocenters. The van der Waals surface area contributed by atoms with Crippen molar-refractivity contribution in [2.45, 2.75) is 39.2 Å². The Hall–Kier alpha value is -3.03. The molecule has 1 aromatic carbocycles. The largest absolute Gasteiger partial charge is 0.361 e. The van der Waals surface area contributed by atoms with E-state index in [0.29, 0.717) is 11.8 Å². The monoisotopic (exact) mass is 338 g/mol. The summed E-state index contributed by atoms with van der Waals surface area (Å²) in [6, 6.07) is 7.95. The first kappa shape index (κ1) is 15.5. The number of nitrogens with one attached hydrogen (secondary N) is 1. The Kier molecular flexibility index (Phi) is 3.79. The fourth-order valence-corrected chi connectivity index (χ4v) is 2.77. The molecular weight excluding hydrogens is 320 g/mol. The van der Waals surface area contributed by atoms with E-state index in [4.69, 9.17) is 4.52 Å². The van der Waals surface area contributed by atoms with Crippen molar-refractivity contribution < 1.29 is 9.32 Å². The third kappa shape index (κ3) is 3.15. The van der Waals surface area contributed by atoms with Crippen molar-refractivity contribution in [3.05, 3.63) is 41.3 Å². The van der Waals surface area contributed by atoms with Crippen molar-refractivity contribution in [3.8, 4) is 11.4 Å². The second-order valence-electron chi connectivity index (χ2n) is 6.28. The number of aromatic nitrogens is 5. The average molecular weight is 338 g/mol. The third-order valence-corrected chi connectivity index (χ3v) is 4.33. The summed E-state index contributed by atoms with van der Waals surface area (Å²) < 4.78 is 6.95. The van der Waals surface area contributed by atoms with E-state index in [-0.39, 0.29) is 12.3 Å². The Morgan fingerprint density at radius 3 is 2.68 bits per heavy atom. The molecule has 0 radical (unpaired) electrons. The quantitative estimate of drug-likeness (QED) is 0.767. The highest BCUT2D eigenvalue weighted by Crippen LogP contribution is 2.36. The Morgan fingerprint density at radius 2 is 2.04 bits per heavy atom. The first-order valence-corrected chi connectivity index (χ1v) is 8.21. The number of hydrogen-bond acceptors (Lipinski definition) is 6. The van der Waals surface area contributed by atoms with Gasteiger partial charge in [0, 0.05) is 16.8 Å². The molecule has 4 rings (SSSR count). The van der Waals surface area contributed by atoms with Crippen LogP contribution in [0.4, 0.5) is 5.69 Å². The molecule has 128 valence electrons. The van der Waals surface area contributed by atoms with Crippen molar-refractivity contribution in [2.24, 2.45) is 0 Å². The molecule has 0 saturated heterocycles. The average Bonchev–Trinajstić information content (AvgIpc) is 3.26. The number of aryl methyl sites for hydroxylation is 2. The number of tetrazole rings is 1. The summed E-state index contributed by atoms with van der Waals surface area (Å²) in [5, 5.41) is 18.7. The molecule has 1 N–H and O–H groups in total. The molecular formula is C17H18N6O2. The van der Waals surface area contributed by atoms with Gasteiger partial charge in [-0.2, -0.15) is 0 Å². The highest BCUT2D eigenvalue weighted by Gasteiger charge is 2.28. The van der Waals surface area contributed by atoms with Crippen LogP contribution in [0.25, 0.3) is 11.4 Å². The van der Waals surface area contributed by atoms with Crippen LogP contribution >= 0.6 is 0 Å². The topological polar surface area (TPSA) is 98.7 Å². The van der Waals surface area contributed by atoms with Gasteiger partial charge in [-0.25, -0.2) is 4.68 Å². The molecule has 0 unspecified atom stereocenters. The van der Waals surface area contributed by atoms with Gasteiger partial charge in [-0.15, -0.1) is 5.10 Å². The van der Waals surface area contributed by atoms with Crippen molar-refractivity contribution >= 4 is 11.6 Å². The summed E-state index contributed by atoms with van der Waals surface area (Å²) in [6.07, 6.45) is 2.48. The zero-order valence-electron chi connectivity index (χ0n) is 14.1. The Labute approximate surface area is 144 Å². The molecule has 1 aliphatic carbocycles. The van der Waals surface area contributed by atoms with Crippen LogP contribution in [0.15, 0.2) is 28.8 Å². The molecule has 2 aromatic heterocycles. The van der Waals surface area contributed by atoms with Gasteiger partial charge in [0.05, 0.1) is 18.2 Å². The fraction of sp³-hybridized carbons (Fsp3) is 0.353. The van der Waals surface area contributed by atoms with E-state index < -0.39 is 0 Å². The van der Waals surface area contributed by atoms with Gasteiger partial charge < -0.3 is 9.84 Å². The lowest BCUT2D eigenvalue weighted by molar-refractivity contribution is -0.115. The van der Waals surface area contributed by atoms with Crippen LogP contribution in [0, 0.1) is 13.8 Å². The van der Waals surface area contributed by atoms with Crippen molar-refractivity contribution in [1.29, 1.82) is 0 Å². The molecule has 1 saturated carbocycles. The molecule has 0 spiro atoms. The molecule has 1 fully saturated rings. The zero-order valence-corrected chi connectivity index (χ0v) is 14.1. The van der Waals surface area contributed by atoms with Gasteiger partial charge >= 0.3 is 0 Å². The summed E-state index contributed by atoms with van der Waals surface area (Å²) in [5.41, 5.74) is 3.24. The number of hydrogen-bond donors (Lipinski definition) is 1. The number of nitrogens with zero attached hydrogens (tertiary/aromatic N) is 5. The van der Waals surface area contributed by atoms with Crippen LogP contribution in [-0.2, 0) is 11.2 Å². The minimum atomic E-state index is -0.107. The predicted octanol–water partition coefficient (Wildman–Crippen LogP) is 2.46. The maximum absolute atomic E-state index is 12.2. The molecule has 3 aromatic rings. The lowest BCUT2D eigenvalue weighted by atomic mass is 10.1. The lowest BCUT2D eigenvalue weighted by Gasteiger charge is -2.07. The maximum atomic E-state index is 12.2. The zero-order chi connectivity index (χ0) is 17.4. The van der Waals surface area contributed by atoms with Crippen molar-refractivity contribution in [2.75, 3.05) is 5.32 Å². The predicted molar refractivity (Wildman–Crippen MR) is 89.8 cm³/mol. The highest BCUT2D eigenvalue weighted by atomic mass is 16.5. The first-order chi connectivity index (χ1) is 12.1. The molecule has 8 heteroatoms. The smallest absolute Gasteiger partial charge is 0.228 e. The summed E-state index contributed by atoms with van der Waals surface area (Å²) in [4.78, 5) is 12.2. The van der Waals surface area contributed by atoms with Gasteiger partial charge in [-0.3, -0.25) is 4.79 Å². The van der Waals surface area contributed by atoms with E-state index in [1.807, 2.05) is 42.8 Å². The molecule has 1 amide bonds. The molecule has 0 aliphatic heterocycles. The minimum absolute atomic E-state index is 0.107. The van der Waals surface area contributed by atoms with Gasteiger partial charge in [0.15, 0.2) is 5.82 Å². The van der Waals surface area contributed by atoms with Crippen LogP contribution in [0.1, 0.15) is 35.9 Å². The van der Waals surface area contributed by atoms with Crippen LogP contribution in [0.5, 0.6) is 0 Å². The van der Waals surface area contributed by atoms with Gasteiger partial charge in [-0.1, -0.05) is 5.16 Å².